The van der Waals surface area contributed by atoms with Gasteiger partial charge < -0.3 is 9.40 Å². The minimum absolute atomic E-state index is 0.0396. The van der Waals surface area contributed by atoms with Crippen molar-refractivity contribution in [2.24, 2.45) is 0 Å². The molecule has 3 aromatic rings. The Kier molecular flexibility index (Phi) is 4.88. The van der Waals surface area contributed by atoms with Crippen LogP contribution in [0.1, 0.15) is 55.6 Å². The fraction of sp³-hybridized carbons (Fsp3) is 0.333. The first-order chi connectivity index (χ1) is 11.9. The van der Waals surface area contributed by atoms with Crippen LogP contribution in [-0.4, -0.2) is 15.8 Å². The molecule has 1 N–H and O–H groups in total. The Morgan fingerprint density at radius 3 is 2.68 bits per heavy atom. The van der Waals surface area contributed by atoms with E-state index in [4.69, 9.17) is 4.42 Å². The van der Waals surface area contributed by atoms with Crippen molar-refractivity contribution in [3.63, 3.8) is 0 Å². The predicted octanol–water partition coefficient (Wildman–Crippen LogP) is 5.17. The highest BCUT2D eigenvalue weighted by atomic mass is 16.3. The smallest absolute Gasteiger partial charge is 0.198 e. The number of aromatic amines is 1. The monoisotopic (exact) mass is 336 g/mol. The first-order valence-corrected chi connectivity index (χ1v) is 8.65. The molecule has 3 heterocycles. The summed E-state index contributed by atoms with van der Waals surface area (Å²) in [5.41, 5.74) is 3.39. The van der Waals surface area contributed by atoms with Gasteiger partial charge in [0.15, 0.2) is 11.5 Å². The summed E-state index contributed by atoms with van der Waals surface area (Å²) < 4.78 is 5.69. The van der Waals surface area contributed by atoms with Crippen LogP contribution in [0.25, 0.3) is 11.3 Å². The SMILES string of the molecule is CC(C)(C)c1ccc(CCCC(=O)c2ccc(-c3cccnc3)o2)[nH]1. The molecule has 130 valence electrons. The number of rotatable bonds is 6. The van der Waals surface area contributed by atoms with Gasteiger partial charge in [-0.2, -0.15) is 0 Å². The molecule has 0 atom stereocenters. The first-order valence-electron chi connectivity index (χ1n) is 8.65. The molecule has 0 aliphatic heterocycles. The summed E-state index contributed by atoms with van der Waals surface area (Å²) in [5, 5.41) is 0. The van der Waals surface area contributed by atoms with E-state index < -0.39 is 0 Å². The van der Waals surface area contributed by atoms with Crippen molar-refractivity contribution < 1.29 is 9.21 Å². The third-order valence-electron chi connectivity index (χ3n) is 4.23. The summed E-state index contributed by atoms with van der Waals surface area (Å²) in [5.74, 6) is 1.13. The van der Waals surface area contributed by atoms with Gasteiger partial charge in [0.1, 0.15) is 5.76 Å². The molecular weight excluding hydrogens is 312 g/mol. The van der Waals surface area contributed by atoms with Crippen molar-refractivity contribution in [2.75, 3.05) is 0 Å². The fourth-order valence-electron chi connectivity index (χ4n) is 2.74. The van der Waals surface area contributed by atoms with E-state index in [9.17, 15) is 4.79 Å². The second-order valence-corrected chi connectivity index (χ2v) is 7.33. The number of carbonyl (C=O) groups excluding carboxylic acids is 1. The van der Waals surface area contributed by atoms with E-state index in [0.29, 0.717) is 17.9 Å². The second-order valence-electron chi connectivity index (χ2n) is 7.33. The number of ketones is 1. The molecular formula is C21H24N2O2. The van der Waals surface area contributed by atoms with Crippen molar-refractivity contribution in [2.45, 2.75) is 45.4 Å². The number of carbonyl (C=O) groups is 1. The van der Waals surface area contributed by atoms with Gasteiger partial charge in [-0.05, 0) is 49.2 Å². The van der Waals surface area contributed by atoms with Crippen LogP contribution < -0.4 is 0 Å². The Balaban J connectivity index is 1.55. The predicted molar refractivity (Wildman–Crippen MR) is 98.7 cm³/mol. The van der Waals surface area contributed by atoms with Gasteiger partial charge in [-0.1, -0.05) is 20.8 Å². The molecule has 3 aromatic heterocycles. The number of nitrogens with one attached hydrogen (secondary N) is 1. The van der Waals surface area contributed by atoms with E-state index >= 15 is 0 Å². The normalized spacial score (nSPS) is 11.6. The van der Waals surface area contributed by atoms with Gasteiger partial charge in [0.05, 0.1) is 0 Å². The Morgan fingerprint density at radius 1 is 1.16 bits per heavy atom. The molecule has 0 bridgehead atoms. The van der Waals surface area contributed by atoms with Crippen molar-refractivity contribution in [1.29, 1.82) is 0 Å². The largest absolute Gasteiger partial charge is 0.453 e. The van der Waals surface area contributed by atoms with Crippen LogP contribution in [0.4, 0.5) is 0 Å². The number of hydrogen-bond donors (Lipinski definition) is 1. The maximum absolute atomic E-state index is 12.3. The van der Waals surface area contributed by atoms with Crippen molar-refractivity contribution in [3.8, 4) is 11.3 Å². The highest BCUT2D eigenvalue weighted by molar-refractivity contribution is 5.93. The molecule has 0 aromatic carbocycles. The van der Waals surface area contributed by atoms with Crippen LogP contribution >= 0.6 is 0 Å². The number of Topliss-reactive ketones (excluding diaryl/α,β-unsaturated/α-hetero) is 1. The third kappa shape index (κ3) is 4.27. The van der Waals surface area contributed by atoms with Crippen molar-refractivity contribution >= 4 is 5.78 Å². The average Bonchev–Trinajstić information content (AvgIpc) is 3.25. The third-order valence-corrected chi connectivity index (χ3v) is 4.23. The van der Waals surface area contributed by atoms with Crippen LogP contribution in [0.5, 0.6) is 0 Å². The lowest BCUT2D eigenvalue weighted by Crippen LogP contribution is -2.11. The number of hydrogen-bond acceptors (Lipinski definition) is 3. The van der Waals surface area contributed by atoms with Gasteiger partial charge in [-0.15, -0.1) is 0 Å². The molecule has 0 saturated carbocycles. The summed E-state index contributed by atoms with van der Waals surface area (Å²) in [4.78, 5) is 19.8. The van der Waals surface area contributed by atoms with E-state index in [-0.39, 0.29) is 11.2 Å². The lowest BCUT2D eigenvalue weighted by Gasteiger charge is -2.16. The summed E-state index contributed by atoms with van der Waals surface area (Å²) >= 11 is 0. The molecule has 0 aliphatic carbocycles. The van der Waals surface area contributed by atoms with E-state index in [1.54, 1.807) is 18.5 Å². The highest BCUT2D eigenvalue weighted by Crippen LogP contribution is 2.23. The van der Waals surface area contributed by atoms with Crippen LogP contribution in [-0.2, 0) is 11.8 Å². The van der Waals surface area contributed by atoms with Crippen LogP contribution in [0.3, 0.4) is 0 Å². The number of aromatic nitrogens is 2. The maximum atomic E-state index is 12.3. The molecule has 4 nitrogen and oxygen atoms in total. The number of pyridine rings is 1. The maximum Gasteiger partial charge on any atom is 0.198 e. The molecule has 0 saturated heterocycles. The minimum atomic E-state index is 0.0396. The average molecular weight is 336 g/mol. The molecule has 4 heteroatoms. The Labute approximate surface area is 148 Å². The molecule has 0 aliphatic rings. The quantitative estimate of drug-likeness (QED) is 0.632. The second kappa shape index (κ2) is 7.09. The number of nitrogens with zero attached hydrogens (tertiary/aromatic N) is 1. The molecule has 25 heavy (non-hydrogen) atoms. The molecule has 0 amide bonds. The van der Waals surface area contributed by atoms with Gasteiger partial charge in [-0.3, -0.25) is 9.78 Å². The molecule has 3 rings (SSSR count). The molecule has 0 fully saturated rings. The fourth-order valence-corrected chi connectivity index (χ4v) is 2.74. The van der Waals surface area contributed by atoms with Gasteiger partial charge in [0.25, 0.3) is 0 Å². The first kappa shape index (κ1) is 17.2. The zero-order valence-corrected chi connectivity index (χ0v) is 15.0. The van der Waals surface area contributed by atoms with Crippen molar-refractivity contribution in [1.82, 2.24) is 9.97 Å². The van der Waals surface area contributed by atoms with Gasteiger partial charge in [0, 0.05) is 41.2 Å². The van der Waals surface area contributed by atoms with Gasteiger partial charge in [-0.25, -0.2) is 0 Å². The zero-order valence-electron chi connectivity index (χ0n) is 15.0. The Hall–Kier alpha value is -2.62. The van der Waals surface area contributed by atoms with Crippen LogP contribution in [0.2, 0.25) is 0 Å². The number of furan rings is 1. The van der Waals surface area contributed by atoms with Crippen LogP contribution in [0, 0.1) is 0 Å². The topological polar surface area (TPSA) is 58.9 Å². The van der Waals surface area contributed by atoms with E-state index in [1.807, 2.05) is 18.2 Å². The van der Waals surface area contributed by atoms with E-state index in [0.717, 1.165) is 18.4 Å². The Morgan fingerprint density at radius 2 is 2.00 bits per heavy atom. The minimum Gasteiger partial charge on any atom is -0.453 e. The number of aryl methyl sites for hydroxylation is 1. The summed E-state index contributed by atoms with van der Waals surface area (Å²) in [7, 11) is 0. The highest BCUT2D eigenvalue weighted by Gasteiger charge is 2.16. The Bertz CT molecular complexity index is 838. The van der Waals surface area contributed by atoms with Gasteiger partial charge >= 0.3 is 0 Å². The standard InChI is InChI=1S/C21H24N2O2/c1-21(2,3)20-12-9-16(23-20)7-4-8-17(24)19-11-10-18(25-19)15-6-5-13-22-14-15/h5-6,9-14,23H,4,7-8H2,1-3H3. The lowest BCUT2D eigenvalue weighted by molar-refractivity contribution is 0.0954. The van der Waals surface area contributed by atoms with Crippen LogP contribution in [0.15, 0.2) is 53.2 Å². The molecule has 0 spiro atoms. The van der Waals surface area contributed by atoms with E-state index in [2.05, 4.69) is 42.9 Å². The van der Waals surface area contributed by atoms with Gasteiger partial charge in [0.2, 0.25) is 0 Å². The van der Waals surface area contributed by atoms with Crippen molar-refractivity contribution in [3.05, 3.63) is 65.9 Å². The summed E-state index contributed by atoms with van der Waals surface area (Å²) in [6.07, 6.45) is 5.57. The number of H-pyrrole nitrogens is 1. The summed E-state index contributed by atoms with van der Waals surface area (Å²) in [6.45, 7) is 6.55. The molecule has 0 unspecified atom stereocenters. The summed E-state index contributed by atoms with van der Waals surface area (Å²) in [6, 6.07) is 11.6. The lowest BCUT2D eigenvalue weighted by atomic mass is 9.93. The van der Waals surface area contributed by atoms with E-state index in [1.165, 1.54) is 11.4 Å². The molecule has 0 radical (unpaired) electrons. The zero-order chi connectivity index (χ0) is 17.9.